The van der Waals surface area contributed by atoms with E-state index in [-0.39, 0.29) is 31.1 Å². The van der Waals surface area contributed by atoms with E-state index >= 15 is 0 Å². The molecule has 9 nitrogen and oxygen atoms in total. The van der Waals surface area contributed by atoms with Gasteiger partial charge in [-0.2, -0.15) is 0 Å². The molecule has 4 N–H and O–H groups in total. The fraction of sp³-hybridized carbons (Fsp3) is 0.286. The SMILES string of the molecule is CN(C(=O)C1CCNCC1)C(Cc1ccc2ccccc2c1)C(=O)NC(Cc1ccc2ccccc2c1)C(=O)NC(Cc1ccccc1)C(=O)O. The summed E-state index contributed by atoms with van der Waals surface area (Å²) in [5.74, 6) is -2.60. The second kappa shape index (κ2) is 16.4. The Bertz CT molecular complexity index is 2010. The number of piperidine rings is 1. The number of carbonyl (C=O) groups is 4. The van der Waals surface area contributed by atoms with E-state index in [2.05, 4.69) is 16.0 Å². The Kier molecular flexibility index (Phi) is 11.4. The van der Waals surface area contributed by atoms with Crippen molar-refractivity contribution in [3.8, 4) is 0 Å². The first-order valence-corrected chi connectivity index (χ1v) is 17.6. The van der Waals surface area contributed by atoms with Gasteiger partial charge in [-0.3, -0.25) is 14.4 Å². The normalized spacial score (nSPS) is 15.1. The van der Waals surface area contributed by atoms with Crippen molar-refractivity contribution in [1.82, 2.24) is 20.9 Å². The number of hydrogen-bond donors (Lipinski definition) is 4. The van der Waals surface area contributed by atoms with Crippen LogP contribution in [0.4, 0.5) is 0 Å². The Morgan fingerprint density at radius 1 is 0.647 bits per heavy atom. The van der Waals surface area contributed by atoms with Gasteiger partial charge in [0.15, 0.2) is 0 Å². The van der Waals surface area contributed by atoms with E-state index in [0.717, 1.165) is 51.3 Å². The number of nitrogens with one attached hydrogen (secondary N) is 3. The molecule has 3 unspecified atom stereocenters. The number of hydrogen-bond acceptors (Lipinski definition) is 5. The number of fused-ring (bicyclic) bond motifs is 2. The number of aliphatic carboxylic acids is 1. The summed E-state index contributed by atoms with van der Waals surface area (Å²) < 4.78 is 0. The number of carboxylic acid groups (broad SMARTS) is 1. The smallest absolute Gasteiger partial charge is 0.326 e. The molecule has 5 aromatic carbocycles. The van der Waals surface area contributed by atoms with Crippen LogP contribution >= 0.6 is 0 Å². The minimum atomic E-state index is -1.21. The van der Waals surface area contributed by atoms with Gasteiger partial charge < -0.3 is 26.0 Å². The molecule has 51 heavy (non-hydrogen) atoms. The second-order valence-electron chi connectivity index (χ2n) is 13.4. The second-order valence-corrected chi connectivity index (χ2v) is 13.4. The van der Waals surface area contributed by atoms with Crippen LogP contribution in [0.3, 0.4) is 0 Å². The number of carbonyl (C=O) groups excluding carboxylic acids is 3. The first kappa shape index (κ1) is 35.3. The van der Waals surface area contributed by atoms with Gasteiger partial charge >= 0.3 is 5.97 Å². The Balaban J connectivity index is 1.30. The summed E-state index contributed by atoms with van der Waals surface area (Å²) in [6, 6.07) is 33.5. The standard InChI is InChI=1S/C42H44N4O5/c1-46(41(49)33-19-21-43-22-20-33)38(27-30-16-18-32-12-6-8-14-35(32)24-30)40(48)44-36(26-29-15-17-31-11-5-7-13-34(31)23-29)39(47)45-37(42(50)51)25-28-9-3-2-4-10-28/h2-18,23-24,33,36-38,43H,19-22,25-27H2,1H3,(H,44,48)(H,45,47)(H,50,51). The lowest BCUT2D eigenvalue weighted by atomic mass is 9.94. The van der Waals surface area contributed by atoms with E-state index in [1.807, 2.05) is 115 Å². The number of nitrogens with zero attached hydrogens (tertiary/aromatic N) is 1. The van der Waals surface area contributed by atoms with Crippen molar-refractivity contribution >= 4 is 45.2 Å². The average Bonchev–Trinajstić information content (AvgIpc) is 3.16. The molecule has 3 atom stereocenters. The fourth-order valence-electron chi connectivity index (χ4n) is 6.91. The van der Waals surface area contributed by atoms with Gasteiger partial charge in [0.1, 0.15) is 18.1 Å². The van der Waals surface area contributed by atoms with Crippen LogP contribution in [0.15, 0.2) is 115 Å². The van der Waals surface area contributed by atoms with Crippen molar-refractivity contribution < 1.29 is 24.3 Å². The van der Waals surface area contributed by atoms with E-state index in [1.165, 1.54) is 4.90 Å². The van der Waals surface area contributed by atoms with Crippen molar-refractivity contribution in [2.75, 3.05) is 20.1 Å². The molecule has 0 aromatic heterocycles. The molecule has 0 saturated carbocycles. The topological polar surface area (TPSA) is 128 Å². The molecule has 9 heteroatoms. The quantitative estimate of drug-likeness (QED) is 0.140. The van der Waals surface area contributed by atoms with Crippen LogP contribution in [0, 0.1) is 5.92 Å². The molecular weight excluding hydrogens is 640 g/mol. The van der Waals surface area contributed by atoms with E-state index < -0.39 is 35.9 Å². The van der Waals surface area contributed by atoms with Gasteiger partial charge in [0.05, 0.1) is 0 Å². The van der Waals surface area contributed by atoms with Crippen LogP contribution in [-0.4, -0.2) is 72.0 Å². The summed E-state index contributed by atoms with van der Waals surface area (Å²) in [6.45, 7) is 1.46. The highest BCUT2D eigenvalue weighted by molar-refractivity contribution is 5.94. The third-order valence-electron chi connectivity index (χ3n) is 9.83. The molecule has 6 rings (SSSR count). The summed E-state index contributed by atoms with van der Waals surface area (Å²) in [4.78, 5) is 56.2. The summed E-state index contributed by atoms with van der Waals surface area (Å²) in [5, 5.41) is 23.2. The molecule has 1 saturated heterocycles. The zero-order valence-electron chi connectivity index (χ0n) is 28.8. The van der Waals surface area contributed by atoms with Gasteiger partial charge in [0.25, 0.3) is 0 Å². The molecule has 3 amide bonds. The molecule has 0 spiro atoms. The van der Waals surface area contributed by atoms with Crippen molar-refractivity contribution in [1.29, 1.82) is 0 Å². The molecule has 1 fully saturated rings. The number of amides is 3. The summed E-state index contributed by atoms with van der Waals surface area (Å²) >= 11 is 0. The Hall–Kier alpha value is -5.54. The third-order valence-corrected chi connectivity index (χ3v) is 9.83. The van der Waals surface area contributed by atoms with Gasteiger partial charge in [-0.05, 0) is 64.2 Å². The maximum Gasteiger partial charge on any atom is 0.326 e. The van der Waals surface area contributed by atoms with Crippen molar-refractivity contribution in [2.45, 2.75) is 50.2 Å². The number of benzene rings is 5. The molecule has 1 aliphatic rings. The molecule has 262 valence electrons. The number of rotatable bonds is 13. The predicted octanol–water partition coefficient (Wildman–Crippen LogP) is 4.90. The minimum Gasteiger partial charge on any atom is -0.480 e. The van der Waals surface area contributed by atoms with Crippen LogP contribution in [0.2, 0.25) is 0 Å². The van der Waals surface area contributed by atoms with Gasteiger partial charge in [-0.15, -0.1) is 0 Å². The van der Waals surface area contributed by atoms with Crippen LogP contribution in [0.1, 0.15) is 29.5 Å². The molecule has 5 aromatic rings. The van der Waals surface area contributed by atoms with Crippen LogP contribution in [0.5, 0.6) is 0 Å². The molecule has 0 bridgehead atoms. The lowest BCUT2D eigenvalue weighted by molar-refractivity contribution is -0.144. The monoisotopic (exact) mass is 684 g/mol. The highest BCUT2D eigenvalue weighted by Crippen LogP contribution is 2.22. The van der Waals surface area contributed by atoms with Crippen molar-refractivity contribution in [3.63, 3.8) is 0 Å². The summed E-state index contributed by atoms with van der Waals surface area (Å²) in [5.41, 5.74) is 2.44. The Labute approximate surface area is 298 Å². The Morgan fingerprint density at radius 3 is 1.75 bits per heavy atom. The lowest BCUT2D eigenvalue weighted by Gasteiger charge is -2.33. The van der Waals surface area contributed by atoms with E-state index in [4.69, 9.17) is 0 Å². The summed E-state index contributed by atoms with van der Waals surface area (Å²) in [6.07, 6.45) is 1.79. The predicted molar refractivity (Wildman–Crippen MR) is 199 cm³/mol. The van der Waals surface area contributed by atoms with Gasteiger partial charge in [-0.1, -0.05) is 115 Å². The molecular formula is C42H44N4O5. The maximum absolute atomic E-state index is 14.5. The Morgan fingerprint density at radius 2 is 1.16 bits per heavy atom. The summed E-state index contributed by atoms with van der Waals surface area (Å²) in [7, 11) is 1.66. The third kappa shape index (κ3) is 8.98. The van der Waals surface area contributed by atoms with Gasteiger partial charge in [0, 0.05) is 32.2 Å². The average molecular weight is 685 g/mol. The molecule has 0 radical (unpaired) electrons. The number of likely N-dealkylation sites (N-methyl/N-ethyl adjacent to an activating group) is 1. The zero-order chi connectivity index (χ0) is 35.7. The van der Waals surface area contributed by atoms with Crippen LogP contribution < -0.4 is 16.0 Å². The van der Waals surface area contributed by atoms with Gasteiger partial charge in [-0.25, -0.2) is 4.79 Å². The highest BCUT2D eigenvalue weighted by Gasteiger charge is 2.35. The maximum atomic E-state index is 14.5. The van der Waals surface area contributed by atoms with Gasteiger partial charge in [0.2, 0.25) is 17.7 Å². The van der Waals surface area contributed by atoms with Crippen molar-refractivity contribution in [3.05, 3.63) is 132 Å². The van der Waals surface area contributed by atoms with Crippen molar-refractivity contribution in [2.24, 2.45) is 5.92 Å². The first-order valence-electron chi connectivity index (χ1n) is 17.6. The molecule has 1 aliphatic heterocycles. The largest absolute Gasteiger partial charge is 0.480 e. The fourth-order valence-corrected chi connectivity index (χ4v) is 6.91. The van der Waals surface area contributed by atoms with E-state index in [0.29, 0.717) is 12.8 Å². The molecule has 1 heterocycles. The van der Waals surface area contributed by atoms with E-state index in [1.54, 1.807) is 7.05 Å². The van der Waals surface area contributed by atoms with E-state index in [9.17, 15) is 24.3 Å². The highest BCUT2D eigenvalue weighted by atomic mass is 16.4. The van der Waals surface area contributed by atoms with Crippen LogP contribution in [-0.2, 0) is 38.4 Å². The number of carboxylic acids is 1. The minimum absolute atomic E-state index is 0.0800. The molecule has 0 aliphatic carbocycles. The lowest BCUT2D eigenvalue weighted by Crippen LogP contribution is -2.58. The zero-order valence-corrected chi connectivity index (χ0v) is 28.8. The van der Waals surface area contributed by atoms with Crippen LogP contribution in [0.25, 0.3) is 21.5 Å². The first-order chi connectivity index (χ1) is 24.7.